The second-order valence-corrected chi connectivity index (χ2v) is 7.56. The Morgan fingerprint density at radius 1 is 1.27 bits per heavy atom. The van der Waals surface area contributed by atoms with E-state index in [1.165, 1.54) is 12.5 Å². The molecule has 1 N–H and O–H groups in total. The van der Waals surface area contributed by atoms with E-state index < -0.39 is 0 Å². The summed E-state index contributed by atoms with van der Waals surface area (Å²) in [7, 11) is 0. The Kier molecular flexibility index (Phi) is 5.95. The van der Waals surface area contributed by atoms with E-state index in [0.717, 1.165) is 41.3 Å². The van der Waals surface area contributed by atoms with Crippen LogP contribution in [0, 0.1) is 18.3 Å². The van der Waals surface area contributed by atoms with E-state index in [9.17, 15) is 10.1 Å². The molecule has 5 heteroatoms. The zero-order valence-corrected chi connectivity index (χ0v) is 16.3. The second kappa shape index (κ2) is 8.37. The minimum atomic E-state index is -0.322. The van der Waals surface area contributed by atoms with Crippen LogP contribution in [0.3, 0.4) is 0 Å². The molecule has 0 aliphatic heterocycles. The van der Waals surface area contributed by atoms with E-state index in [2.05, 4.69) is 21.2 Å². The molecule has 4 nitrogen and oxygen atoms in total. The molecule has 26 heavy (non-hydrogen) atoms. The molecule has 3 rings (SSSR count). The molecule has 134 valence electrons. The Balaban J connectivity index is 1.76. The predicted molar refractivity (Wildman–Crippen MR) is 105 cm³/mol. The Morgan fingerprint density at radius 2 is 2.04 bits per heavy atom. The first-order chi connectivity index (χ1) is 12.6. The van der Waals surface area contributed by atoms with Gasteiger partial charge in [-0.2, -0.15) is 5.26 Å². The maximum atomic E-state index is 12.4. The van der Waals surface area contributed by atoms with Crippen LogP contribution in [-0.2, 0) is 4.79 Å². The van der Waals surface area contributed by atoms with Crippen LogP contribution in [-0.4, -0.2) is 11.9 Å². The summed E-state index contributed by atoms with van der Waals surface area (Å²) in [6, 6.07) is 11.8. The largest absolute Gasteiger partial charge is 0.457 e. The van der Waals surface area contributed by atoms with Gasteiger partial charge < -0.3 is 9.73 Å². The molecule has 0 saturated heterocycles. The minimum absolute atomic E-state index is 0.0731. The number of aryl methyl sites for hydroxylation is 1. The highest BCUT2D eigenvalue weighted by molar-refractivity contribution is 9.10. The normalized spacial score (nSPS) is 15.5. The zero-order chi connectivity index (χ0) is 18.5. The summed E-state index contributed by atoms with van der Waals surface area (Å²) in [5.41, 5.74) is 2.14. The van der Waals surface area contributed by atoms with Crippen molar-refractivity contribution in [1.82, 2.24) is 5.32 Å². The monoisotopic (exact) mass is 412 g/mol. The number of carbonyl (C=O) groups is 1. The number of furan rings is 1. The van der Waals surface area contributed by atoms with Gasteiger partial charge >= 0.3 is 0 Å². The average molecular weight is 413 g/mol. The number of carbonyl (C=O) groups excluding carboxylic acids is 1. The van der Waals surface area contributed by atoms with E-state index in [0.29, 0.717) is 11.5 Å². The third-order valence-corrected chi connectivity index (χ3v) is 5.17. The molecular formula is C21H21BrN2O2. The highest BCUT2D eigenvalue weighted by Crippen LogP contribution is 2.28. The number of rotatable bonds is 4. The summed E-state index contributed by atoms with van der Waals surface area (Å²) in [5.74, 6) is 0.890. The van der Waals surface area contributed by atoms with Crippen LogP contribution < -0.4 is 5.32 Å². The lowest BCUT2D eigenvalue weighted by atomic mass is 9.95. The smallest absolute Gasteiger partial charge is 0.262 e. The van der Waals surface area contributed by atoms with Gasteiger partial charge in [-0.1, -0.05) is 35.2 Å². The van der Waals surface area contributed by atoms with Gasteiger partial charge in [-0.05, 0) is 55.7 Å². The lowest BCUT2D eigenvalue weighted by Gasteiger charge is -2.22. The Labute approximate surface area is 162 Å². The Bertz CT molecular complexity index is 870. The highest BCUT2D eigenvalue weighted by Gasteiger charge is 2.18. The standard InChI is InChI=1S/C21H21BrN2O2/c1-14-11-16(22)7-9-19(14)20-10-8-18(26-20)12-15(13-23)21(25)24-17-5-3-2-4-6-17/h7-12,17H,2-6H2,1H3,(H,24,25)/b15-12+. The summed E-state index contributed by atoms with van der Waals surface area (Å²) in [4.78, 5) is 12.4. The number of nitrogens with one attached hydrogen (secondary N) is 1. The zero-order valence-electron chi connectivity index (χ0n) is 14.7. The van der Waals surface area contributed by atoms with Crippen molar-refractivity contribution in [3.05, 3.63) is 51.7 Å². The van der Waals surface area contributed by atoms with Gasteiger partial charge in [0.25, 0.3) is 5.91 Å². The van der Waals surface area contributed by atoms with Gasteiger partial charge in [-0.25, -0.2) is 0 Å². The molecule has 0 atom stereocenters. The molecule has 0 bridgehead atoms. The summed E-state index contributed by atoms with van der Waals surface area (Å²) in [6.45, 7) is 2.01. The van der Waals surface area contributed by atoms with E-state index in [-0.39, 0.29) is 17.5 Å². The molecule has 2 aromatic rings. The predicted octanol–water partition coefficient (Wildman–Crippen LogP) is 5.37. The van der Waals surface area contributed by atoms with Crippen molar-refractivity contribution >= 4 is 27.9 Å². The van der Waals surface area contributed by atoms with Gasteiger partial charge in [0, 0.05) is 22.2 Å². The molecule has 0 unspecified atom stereocenters. The molecule has 0 radical (unpaired) electrons. The van der Waals surface area contributed by atoms with E-state index in [1.54, 1.807) is 6.07 Å². The van der Waals surface area contributed by atoms with Crippen molar-refractivity contribution in [3.63, 3.8) is 0 Å². The number of halogens is 1. The third-order valence-electron chi connectivity index (χ3n) is 4.67. The van der Waals surface area contributed by atoms with Gasteiger partial charge in [0.05, 0.1) is 0 Å². The van der Waals surface area contributed by atoms with Gasteiger partial charge in [-0.15, -0.1) is 0 Å². The quantitative estimate of drug-likeness (QED) is 0.541. The Morgan fingerprint density at radius 3 is 2.73 bits per heavy atom. The van der Waals surface area contributed by atoms with Gasteiger partial charge in [0.15, 0.2) is 0 Å². The molecule has 1 aromatic heterocycles. The van der Waals surface area contributed by atoms with E-state index >= 15 is 0 Å². The molecule has 1 fully saturated rings. The van der Waals surface area contributed by atoms with E-state index in [1.807, 2.05) is 37.3 Å². The maximum Gasteiger partial charge on any atom is 0.262 e. The minimum Gasteiger partial charge on any atom is -0.457 e. The number of amides is 1. The van der Waals surface area contributed by atoms with Crippen molar-refractivity contribution in [2.24, 2.45) is 0 Å². The first-order valence-electron chi connectivity index (χ1n) is 8.86. The fraction of sp³-hybridized carbons (Fsp3) is 0.333. The van der Waals surface area contributed by atoms with E-state index in [4.69, 9.17) is 4.42 Å². The summed E-state index contributed by atoms with van der Waals surface area (Å²) < 4.78 is 6.85. The number of nitriles is 1. The molecule has 1 aliphatic rings. The fourth-order valence-corrected chi connectivity index (χ4v) is 3.76. The molecular weight excluding hydrogens is 392 g/mol. The van der Waals surface area contributed by atoms with Gasteiger partial charge in [0.1, 0.15) is 23.2 Å². The lowest BCUT2D eigenvalue weighted by Crippen LogP contribution is -2.36. The number of hydrogen-bond acceptors (Lipinski definition) is 3. The van der Waals surface area contributed by atoms with Crippen LogP contribution in [0.4, 0.5) is 0 Å². The molecule has 0 spiro atoms. The van der Waals surface area contributed by atoms with Gasteiger partial charge in [-0.3, -0.25) is 4.79 Å². The highest BCUT2D eigenvalue weighted by atomic mass is 79.9. The van der Waals surface area contributed by atoms with Crippen molar-refractivity contribution < 1.29 is 9.21 Å². The number of nitrogens with zero attached hydrogens (tertiary/aromatic N) is 1. The van der Waals surface area contributed by atoms with Crippen LogP contribution in [0.25, 0.3) is 17.4 Å². The molecule has 1 aliphatic carbocycles. The van der Waals surface area contributed by atoms with Crippen LogP contribution in [0.1, 0.15) is 43.4 Å². The number of hydrogen-bond donors (Lipinski definition) is 1. The van der Waals surface area contributed by atoms with Crippen molar-refractivity contribution in [3.8, 4) is 17.4 Å². The lowest BCUT2D eigenvalue weighted by molar-refractivity contribution is -0.117. The maximum absolute atomic E-state index is 12.4. The molecule has 1 saturated carbocycles. The SMILES string of the molecule is Cc1cc(Br)ccc1-c1ccc(/C=C(\C#N)C(=O)NC2CCCCC2)o1. The summed E-state index contributed by atoms with van der Waals surface area (Å²) in [6.07, 6.45) is 6.96. The molecule has 1 aromatic carbocycles. The van der Waals surface area contributed by atoms with Crippen molar-refractivity contribution in [2.75, 3.05) is 0 Å². The van der Waals surface area contributed by atoms with Crippen molar-refractivity contribution in [1.29, 1.82) is 5.26 Å². The van der Waals surface area contributed by atoms with Crippen LogP contribution in [0.5, 0.6) is 0 Å². The third kappa shape index (κ3) is 4.44. The Hall–Kier alpha value is -2.32. The summed E-state index contributed by atoms with van der Waals surface area (Å²) in [5, 5.41) is 12.3. The van der Waals surface area contributed by atoms with Crippen LogP contribution >= 0.6 is 15.9 Å². The first kappa shape index (κ1) is 18.5. The average Bonchev–Trinajstić information content (AvgIpc) is 3.08. The van der Waals surface area contributed by atoms with Gasteiger partial charge in [0.2, 0.25) is 0 Å². The number of benzene rings is 1. The summed E-state index contributed by atoms with van der Waals surface area (Å²) >= 11 is 3.45. The second-order valence-electron chi connectivity index (χ2n) is 6.64. The van der Waals surface area contributed by atoms with Crippen LogP contribution in [0.2, 0.25) is 0 Å². The fourth-order valence-electron chi connectivity index (χ4n) is 3.28. The first-order valence-corrected chi connectivity index (χ1v) is 9.65. The molecule has 1 amide bonds. The van der Waals surface area contributed by atoms with Crippen LogP contribution in [0.15, 0.2) is 44.8 Å². The topological polar surface area (TPSA) is 66.0 Å². The molecule has 1 heterocycles. The van der Waals surface area contributed by atoms with Crippen molar-refractivity contribution in [2.45, 2.75) is 45.1 Å².